The van der Waals surface area contributed by atoms with Gasteiger partial charge in [0.25, 0.3) is 0 Å². The maximum Gasteiger partial charge on any atom is 0.159 e. The molecule has 0 aliphatic carbocycles. The number of piperazine rings is 1. The molecule has 0 spiro atoms. The van der Waals surface area contributed by atoms with Gasteiger partial charge in [-0.05, 0) is 39.0 Å². The van der Waals surface area contributed by atoms with Crippen LogP contribution in [0, 0.1) is 6.92 Å². The van der Waals surface area contributed by atoms with Crippen molar-refractivity contribution < 1.29 is 0 Å². The number of fused-ring (bicyclic) bond motifs is 1. The van der Waals surface area contributed by atoms with Gasteiger partial charge >= 0.3 is 0 Å². The molecule has 5 nitrogen and oxygen atoms in total. The third-order valence-electron chi connectivity index (χ3n) is 4.80. The number of hydrogen-bond donors (Lipinski definition) is 1. The summed E-state index contributed by atoms with van der Waals surface area (Å²) in [7, 11) is 0. The number of anilines is 1. The SMILES string of the molecule is Cc1ccc(-n2nc(N3CCNCC3(C)C)c3ccncc32)cc1. The predicted octanol–water partition coefficient (Wildman–Crippen LogP) is 2.92. The lowest BCUT2D eigenvalue weighted by Crippen LogP contribution is -2.58. The first-order chi connectivity index (χ1) is 11.6. The zero-order valence-electron chi connectivity index (χ0n) is 14.5. The summed E-state index contributed by atoms with van der Waals surface area (Å²) < 4.78 is 2.01. The van der Waals surface area contributed by atoms with Gasteiger partial charge in [-0.2, -0.15) is 0 Å². The Bertz CT molecular complexity index is 863. The lowest BCUT2D eigenvalue weighted by molar-refractivity contribution is 0.378. The second kappa shape index (κ2) is 5.60. The van der Waals surface area contributed by atoms with Gasteiger partial charge in [-0.15, -0.1) is 5.10 Å². The van der Waals surface area contributed by atoms with Crippen LogP contribution < -0.4 is 10.2 Å². The van der Waals surface area contributed by atoms with Gasteiger partial charge in [0.1, 0.15) is 0 Å². The predicted molar refractivity (Wildman–Crippen MR) is 97.9 cm³/mol. The first-order valence-corrected chi connectivity index (χ1v) is 8.44. The van der Waals surface area contributed by atoms with E-state index in [-0.39, 0.29) is 5.54 Å². The van der Waals surface area contributed by atoms with Crippen molar-refractivity contribution in [3.8, 4) is 5.69 Å². The molecular formula is C19H23N5. The molecule has 3 heterocycles. The van der Waals surface area contributed by atoms with E-state index in [4.69, 9.17) is 5.10 Å². The molecule has 0 unspecified atom stereocenters. The smallest absolute Gasteiger partial charge is 0.159 e. The van der Waals surface area contributed by atoms with Crippen molar-refractivity contribution >= 4 is 16.7 Å². The largest absolute Gasteiger partial charge is 0.347 e. The topological polar surface area (TPSA) is 46.0 Å². The molecule has 0 atom stereocenters. The highest BCUT2D eigenvalue weighted by molar-refractivity contribution is 5.91. The first-order valence-electron chi connectivity index (χ1n) is 8.44. The Balaban J connectivity index is 1.90. The Hall–Kier alpha value is -2.40. The molecule has 0 saturated carbocycles. The second-order valence-electron chi connectivity index (χ2n) is 7.10. The summed E-state index contributed by atoms with van der Waals surface area (Å²) in [4.78, 5) is 6.73. The molecule has 0 bridgehead atoms. The van der Waals surface area contributed by atoms with Gasteiger partial charge in [-0.1, -0.05) is 17.7 Å². The number of aryl methyl sites for hydroxylation is 1. The van der Waals surface area contributed by atoms with Crippen LogP contribution in [0.5, 0.6) is 0 Å². The highest BCUT2D eigenvalue weighted by Gasteiger charge is 2.32. The van der Waals surface area contributed by atoms with Gasteiger partial charge in [-0.25, -0.2) is 4.68 Å². The zero-order chi connectivity index (χ0) is 16.7. The molecule has 1 aromatic carbocycles. The summed E-state index contributed by atoms with van der Waals surface area (Å²) >= 11 is 0. The number of pyridine rings is 1. The number of aromatic nitrogens is 3. The van der Waals surface area contributed by atoms with Gasteiger partial charge < -0.3 is 10.2 Å². The van der Waals surface area contributed by atoms with E-state index in [1.165, 1.54) is 5.56 Å². The van der Waals surface area contributed by atoms with E-state index in [2.05, 4.69) is 66.3 Å². The third kappa shape index (κ3) is 2.45. The van der Waals surface area contributed by atoms with Crippen LogP contribution >= 0.6 is 0 Å². The first kappa shape index (κ1) is 15.1. The number of hydrogen-bond acceptors (Lipinski definition) is 4. The molecule has 1 N–H and O–H groups in total. The number of nitrogens with zero attached hydrogens (tertiary/aromatic N) is 4. The average Bonchev–Trinajstić information content (AvgIpc) is 2.95. The van der Waals surface area contributed by atoms with Crippen LogP contribution in [0.1, 0.15) is 19.4 Å². The average molecular weight is 321 g/mol. The molecule has 0 amide bonds. The third-order valence-corrected chi connectivity index (χ3v) is 4.80. The number of nitrogens with one attached hydrogen (secondary N) is 1. The number of rotatable bonds is 2. The molecule has 3 aromatic rings. The number of benzene rings is 1. The molecule has 1 fully saturated rings. The normalized spacial score (nSPS) is 17.4. The highest BCUT2D eigenvalue weighted by atomic mass is 15.4. The van der Waals surface area contributed by atoms with E-state index in [1.54, 1.807) is 0 Å². The van der Waals surface area contributed by atoms with Crippen LogP contribution in [-0.2, 0) is 0 Å². The van der Waals surface area contributed by atoms with Gasteiger partial charge in [0.2, 0.25) is 0 Å². The minimum absolute atomic E-state index is 0.0287. The van der Waals surface area contributed by atoms with E-state index in [0.29, 0.717) is 0 Å². The Morgan fingerprint density at radius 1 is 1.12 bits per heavy atom. The molecular weight excluding hydrogens is 298 g/mol. The van der Waals surface area contributed by atoms with Crippen LogP contribution in [0.2, 0.25) is 0 Å². The molecule has 2 aromatic heterocycles. The Kier molecular flexibility index (Phi) is 3.53. The molecule has 5 heteroatoms. The summed E-state index contributed by atoms with van der Waals surface area (Å²) in [6, 6.07) is 10.5. The van der Waals surface area contributed by atoms with Crippen LogP contribution in [0.3, 0.4) is 0 Å². The van der Waals surface area contributed by atoms with E-state index in [0.717, 1.165) is 42.0 Å². The highest BCUT2D eigenvalue weighted by Crippen LogP contribution is 2.32. The Morgan fingerprint density at radius 2 is 1.92 bits per heavy atom. The molecule has 4 rings (SSSR count). The Morgan fingerprint density at radius 3 is 2.67 bits per heavy atom. The summed E-state index contributed by atoms with van der Waals surface area (Å²) in [5.74, 6) is 1.04. The Labute approximate surface area is 142 Å². The van der Waals surface area contributed by atoms with E-state index in [9.17, 15) is 0 Å². The van der Waals surface area contributed by atoms with Crippen LogP contribution in [0.25, 0.3) is 16.6 Å². The van der Waals surface area contributed by atoms with Crippen molar-refractivity contribution in [2.75, 3.05) is 24.5 Å². The van der Waals surface area contributed by atoms with Crippen molar-refractivity contribution in [3.05, 3.63) is 48.3 Å². The standard InChI is InChI=1S/C19H23N5/c1-14-4-6-15(7-5-14)24-17-12-20-9-8-16(17)18(22-24)23-11-10-21-13-19(23,2)3/h4-9,12,21H,10-11,13H2,1-3H3. The van der Waals surface area contributed by atoms with Crippen molar-refractivity contribution in [2.45, 2.75) is 26.3 Å². The minimum atomic E-state index is 0.0287. The quantitative estimate of drug-likeness (QED) is 0.788. The fourth-order valence-corrected chi connectivity index (χ4v) is 3.40. The molecule has 1 saturated heterocycles. The van der Waals surface area contributed by atoms with Crippen molar-refractivity contribution in [2.24, 2.45) is 0 Å². The maximum absolute atomic E-state index is 4.98. The van der Waals surface area contributed by atoms with Crippen molar-refractivity contribution in [1.82, 2.24) is 20.1 Å². The van der Waals surface area contributed by atoms with E-state index in [1.807, 2.05) is 17.1 Å². The molecule has 1 aliphatic heterocycles. The summed E-state index contributed by atoms with van der Waals surface area (Å²) in [6.07, 6.45) is 3.75. The fourth-order valence-electron chi connectivity index (χ4n) is 3.40. The van der Waals surface area contributed by atoms with Crippen molar-refractivity contribution in [3.63, 3.8) is 0 Å². The lowest BCUT2D eigenvalue weighted by atomic mass is 10.00. The fraction of sp³-hybridized carbons (Fsp3) is 0.368. The summed E-state index contributed by atoms with van der Waals surface area (Å²) in [5, 5.41) is 9.62. The molecule has 0 radical (unpaired) electrons. The maximum atomic E-state index is 4.98. The van der Waals surface area contributed by atoms with Gasteiger partial charge in [0.15, 0.2) is 5.82 Å². The van der Waals surface area contributed by atoms with Crippen molar-refractivity contribution in [1.29, 1.82) is 0 Å². The van der Waals surface area contributed by atoms with Crippen LogP contribution in [-0.4, -0.2) is 39.9 Å². The summed E-state index contributed by atoms with van der Waals surface area (Å²) in [6.45, 7) is 9.51. The van der Waals surface area contributed by atoms with Crippen LogP contribution in [0.4, 0.5) is 5.82 Å². The summed E-state index contributed by atoms with van der Waals surface area (Å²) in [5.41, 5.74) is 3.39. The van der Waals surface area contributed by atoms with Gasteiger partial charge in [-0.3, -0.25) is 4.98 Å². The second-order valence-corrected chi connectivity index (χ2v) is 7.10. The monoisotopic (exact) mass is 321 g/mol. The van der Waals surface area contributed by atoms with E-state index < -0.39 is 0 Å². The van der Waals surface area contributed by atoms with Gasteiger partial charge in [0.05, 0.1) is 17.4 Å². The minimum Gasteiger partial charge on any atom is -0.347 e. The zero-order valence-corrected chi connectivity index (χ0v) is 14.5. The molecule has 124 valence electrons. The van der Waals surface area contributed by atoms with Crippen LogP contribution in [0.15, 0.2) is 42.7 Å². The molecule has 24 heavy (non-hydrogen) atoms. The van der Waals surface area contributed by atoms with Gasteiger partial charge in [0, 0.05) is 36.8 Å². The van der Waals surface area contributed by atoms with E-state index >= 15 is 0 Å². The lowest BCUT2D eigenvalue weighted by Gasteiger charge is -2.43. The molecule has 1 aliphatic rings.